The van der Waals surface area contributed by atoms with Crippen LogP contribution >= 0.6 is 23.5 Å². The van der Waals surface area contributed by atoms with Crippen molar-refractivity contribution in [3.63, 3.8) is 0 Å². The van der Waals surface area contributed by atoms with E-state index in [0.29, 0.717) is 107 Å². The minimum atomic E-state index is -2.23. The Morgan fingerprint density at radius 1 is 0.762 bits per heavy atom. The number of ether oxygens (including phenoxy) is 9. The van der Waals surface area contributed by atoms with E-state index in [0.717, 1.165) is 29.7 Å². The minimum absolute atomic E-state index is 0.0637. The molecule has 0 bridgehead atoms. The van der Waals surface area contributed by atoms with Gasteiger partial charge in [0.05, 0.1) is 104 Å². The molecule has 80 heavy (non-hydrogen) atoms. The lowest BCUT2D eigenvalue weighted by Gasteiger charge is -2.47. The molecule has 3 aromatic rings. The van der Waals surface area contributed by atoms with Gasteiger partial charge in [-0.05, 0) is 77.1 Å². The number of amides is 3. The number of esters is 1. The summed E-state index contributed by atoms with van der Waals surface area (Å²) in [5.41, 5.74) is 11.1. The average Bonchev–Trinajstić information content (AvgIpc) is 3.50. The fourth-order valence-corrected chi connectivity index (χ4v) is 9.40. The van der Waals surface area contributed by atoms with Crippen LogP contribution in [-0.2, 0) is 47.5 Å². The summed E-state index contributed by atoms with van der Waals surface area (Å²) in [7, 11) is 1.10. The molecule has 0 saturated carbocycles. The zero-order valence-corrected chi connectivity index (χ0v) is 47.4. The van der Waals surface area contributed by atoms with Crippen molar-refractivity contribution in [3.05, 3.63) is 99.9 Å². The molecule has 442 valence electrons. The quantitative estimate of drug-likeness (QED) is 0.0114. The maximum absolute atomic E-state index is 13.6. The molecule has 0 aliphatic carbocycles. The lowest BCUT2D eigenvalue weighted by molar-refractivity contribution is -0.311. The van der Waals surface area contributed by atoms with Crippen LogP contribution in [0, 0.1) is 0 Å². The number of hydrogen-bond acceptors (Lipinski definition) is 20. The number of nitrogens with one attached hydrogen (secondary N) is 3. The summed E-state index contributed by atoms with van der Waals surface area (Å²) in [5.74, 6) is -1.72. The highest BCUT2D eigenvalue weighted by Crippen LogP contribution is 2.35. The summed E-state index contributed by atoms with van der Waals surface area (Å²) in [5, 5.41) is 45.3. The second kappa shape index (κ2) is 39.1. The third kappa shape index (κ3) is 24.4. The van der Waals surface area contributed by atoms with Crippen LogP contribution in [0.1, 0.15) is 70.6 Å². The number of ketones is 1. The van der Waals surface area contributed by atoms with Crippen LogP contribution in [0.25, 0.3) is 21.6 Å². The molecule has 1 aliphatic heterocycles. The molecule has 0 radical (unpaired) electrons. The van der Waals surface area contributed by atoms with Crippen molar-refractivity contribution >= 4 is 53.0 Å². The maximum Gasteiger partial charge on any atom is 0.366 e. The summed E-state index contributed by atoms with van der Waals surface area (Å²) in [4.78, 5) is 67.9. The molecular weight excluding hydrogens is 1080 g/mol. The Balaban J connectivity index is 1.21. The molecule has 1 heterocycles. The van der Waals surface area contributed by atoms with Gasteiger partial charge in [-0.25, -0.2) is 4.79 Å². The molecule has 6 N–H and O–H groups in total. The number of azide groups is 1. The average molecular weight is 1160 g/mol. The van der Waals surface area contributed by atoms with Crippen molar-refractivity contribution in [1.82, 2.24) is 16.0 Å². The Kier molecular flexibility index (Phi) is 32.8. The largest absolute Gasteiger partial charge is 0.490 e. The number of benzene rings is 3. The van der Waals surface area contributed by atoms with Crippen LogP contribution in [0.3, 0.4) is 0 Å². The van der Waals surface area contributed by atoms with Crippen LogP contribution < -0.4 is 20.7 Å². The first-order chi connectivity index (χ1) is 38.8. The predicted molar refractivity (Wildman–Crippen MR) is 301 cm³/mol. The number of hydrogen-bond donors (Lipinski definition) is 6. The normalized spacial score (nSPS) is 17.6. The van der Waals surface area contributed by atoms with Crippen molar-refractivity contribution in [3.8, 4) is 16.9 Å². The van der Waals surface area contributed by atoms with Crippen molar-refractivity contribution in [2.75, 3.05) is 129 Å². The molecule has 0 unspecified atom stereocenters. The summed E-state index contributed by atoms with van der Waals surface area (Å²) < 4.78 is 50.5. The molecule has 1 saturated heterocycles. The molecule has 6 atom stereocenters. The third-order valence-electron chi connectivity index (χ3n) is 12.0. The molecule has 25 heteroatoms. The van der Waals surface area contributed by atoms with E-state index >= 15 is 0 Å². The molecule has 0 spiro atoms. The first kappa shape index (κ1) is 67.1. The highest BCUT2D eigenvalue weighted by atomic mass is 32.2. The van der Waals surface area contributed by atoms with Gasteiger partial charge >= 0.3 is 5.97 Å². The number of carbonyl (C=O) groups excluding carboxylic acids is 5. The Labute approximate surface area is 475 Å². The van der Waals surface area contributed by atoms with Crippen molar-refractivity contribution < 1.29 is 81.9 Å². The molecular formula is C55H78N6O17S2. The van der Waals surface area contributed by atoms with Gasteiger partial charge in [0.1, 0.15) is 24.6 Å². The Bertz CT molecular complexity index is 2360. The van der Waals surface area contributed by atoms with Gasteiger partial charge in [0, 0.05) is 61.2 Å². The zero-order chi connectivity index (χ0) is 57.8. The summed E-state index contributed by atoms with van der Waals surface area (Å²) in [6.45, 7) is 7.15. The minimum Gasteiger partial charge on any atom is -0.490 e. The smallest absolute Gasteiger partial charge is 0.366 e. The number of rotatable bonds is 42. The van der Waals surface area contributed by atoms with Crippen LogP contribution in [0.2, 0.25) is 0 Å². The summed E-state index contributed by atoms with van der Waals surface area (Å²) >= 11 is 3.25. The number of Topliss-reactive ketones (excluding diaryl/α,β-unsaturated/α-hetero) is 1. The number of aliphatic hydroxyl groups excluding tert-OH is 3. The fourth-order valence-electron chi connectivity index (χ4n) is 7.99. The lowest BCUT2D eigenvalue weighted by atomic mass is 9.88. The zero-order valence-electron chi connectivity index (χ0n) is 45.8. The van der Waals surface area contributed by atoms with Crippen molar-refractivity contribution in [2.45, 2.75) is 75.8 Å². The van der Waals surface area contributed by atoms with Gasteiger partial charge in [-0.1, -0.05) is 54.5 Å². The van der Waals surface area contributed by atoms with Crippen LogP contribution in [0.15, 0.2) is 77.9 Å². The van der Waals surface area contributed by atoms with Gasteiger partial charge in [-0.15, -0.1) is 0 Å². The number of aliphatic hydroxyl groups is 3. The van der Waals surface area contributed by atoms with E-state index in [4.69, 9.17) is 48.2 Å². The standard InChI is InChI=1S/C55H78N6O17S2/c1-4-79-35-20-57-53(68)43-17-18-44(48(36-43)76-32-31-75-30-29-74-28-27-73-26-25-72-24-23-71-22-19-59-61-56)45(63)12-8-33-80-34-9-21-77-55(54(69)70-3)37-46(64)49(60-39(2)62)51(78-55)50(66)47(65)38-58-52(67)42-15-13-41(14-16-42)40-10-6-5-7-11-40/h5-7,10-11,13-18,36,46-47,49-51,64-66H,4,8-9,12,19-35,37-38H2,1-3H3,(H,57,68)(H,58,67)(H,60,62)/t46-,47+,49+,50+,51+,55+/m0/s1. The number of thioether (sulfide) groups is 2. The molecule has 3 amide bonds. The Morgan fingerprint density at radius 3 is 1.99 bits per heavy atom. The van der Waals surface area contributed by atoms with Gasteiger partial charge < -0.3 is 73.9 Å². The third-order valence-corrected chi connectivity index (χ3v) is 14.1. The summed E-state index contributed by atoms with van der Waals surface area (Å²) in [6, 6.07) is 19.9. The Morgan fingerprint density at radius 2 is 1.36 bits per heavy atom. The van der Waals surface area contributed by atoms with E-state index in [1.165, 1.54) is 18.7 Å². The molecule has 1 fully saturated rings. The second-order valence-corrected chi connectivity index (χ2v) is 20.5. The monoisotopic (exact) mass is 1160 g/mol. The highest BCUT2D eigenvalue weighted by Gasteiger charge is 2.56. The van der Waals surface area contributed by atoms with E-state index < -0.39 is 67.0 Å². The number of methoxy groups -OCH3 is 1. The maximum atomic E-state index is 13.6. The topological polar surface area (TPSA) is 314 Å². The van der Waals surface area contributed by atoms with E-state index in [-0.39, 0.29) is 50.2 Å². The molecule has 3 aromatic carbocycles. The second-order valence-electron chi connectivity index (χ2n) is 17.9. The first-order valence-corrected chi connectivity index (χ1v) is 28.9. The van der Waals surface area contributed by atoms with E-state index in [2.05, 4.69) is 26.0 Å². The van der Waals surface area contributed by atoms with Crippen molar-refractivity contribution in [1.29, 1.82) is 0 Å². The molecule has 4 rings (SSSR count). The van der Waals surface area contributed by atoms with E-state index in [1.54, 1.807) is 54.2 Å². The van der Waals surface area contributed by atoms with Crippen molar-refractivity contribution in [2.24, 2.45) is 5.11 Å². The predicted octanol–water partition coefficient (Wildman–Crippen LogP) is 4.39. The Hall–Kier alpha value is -5.38. The van der Waals surface area contributed by atoms with E-state index in [9.17, 15) is 39.3 Å². The molecule has 0 aromatic heterocycles. The van der Waals surface area contributed by atoms with E-state index in [1.807, 2.05) is 37.3 Å². The lowest BCUT2D eigenvalue weighted by Crippen LogP contribution is -2.68. The van der Waals surface area contributed by atoms with Gasteiger partial charge in [0.15, 0.2) is 5.78 Å². The number of carbonyl (C=O) groups is 5. The van der Waals surface area contributed by atoms with Gasteiger partial charge in [0.2, 0.25) is 5.91 Å². The molecule has 1 aliphatic rings. The van der Waals surface area contributed by atoms with Gasteiger partial charge in [0.25, 0.3) is 17.6 Å². The SMILES string of the molecule is CCSCCNC(=O)c1ccc(C(=O)CCCSCCCO[C@]2(C(=O)OC)C[C@H](O)[C@@H](NC(C)=O)[C@H]([C@H](O)[C@H](O)CNC(=O)c3ccc(-c4ccccc4)cc3)O2)c(OCCOCCOCCOCCOCCOCCN=[N+]=[N-])c1. The van der Waals surface area contributed by atoms with Crippen LogP contribution in [-0.4, -0.2) is 210 Å². The fraction of sp³-hybridized carbons (Fsp3) is 0.582. The number of nitrogens with zero attached hydrogens (tertiary/aromatic N) is 3. The van der Waals surface area contributed by atoms with Crippen LogP contribution in [0.5, 0.6) is 5.75 Å². The summed E-state index contributed by atoms with van der Waals surface area (Å²) in [6.07, 6.45) is -6.04. The molecule has 23 nitrogen and oxygen atoms in total. The highest BCUT2D eigenvalue weighted by molar-refractivity contribution is 7.99. The van der Waals surface area contributed by atoms with Crippen LogP contribution in [0.4, 0.5) is 0 Å². The van der Waals surface area contributed by atoms with Gasteiger partial charge in [-0.2, -0.15) is 23.5 Å². The van der Waals surface area contributed by atoms with Gasteiger partial charge in [-0.3, -0.25) is 19.2 Å². The first-order valence-electron chi connectivity index (χ1n) is 26.6.